The molecule has 114 valence electrons. The summed E-state index contributed by atoms with van der Waals surface area (Å²) in [5.74, 6) is -2.18. The van der Waals surface area contributed by atoms with Gasteiger partial charge in [-0.2, -0.15) is 0 Å². The Balaban J connectivity index is 2.99. The first-order valence-electron chi connectivity index (χ1n) is 5.99. The van der Waals surface area contributed by atoms with Crippen LogP contribution in [0.3, 0.4) is 0 Å². The second-order valence-corrected chi connectivity index (χ2v) is 5.34. The summed E-state index contributed by atoms with van der Waals surface area (Å²) in [5, 5.41) is -0.781. The average molecular weight is 353 g/mol. The number of hydrogen-bond donors (Lipinski definition) is 0. The Kier molecular flexibility index (Phi) is 5.94. The van der Waals surface area contributed by atoms with Crippen LogP contribution in [0.15, 0.2) is 0 Å². The fraction of sp³-hybridized carbons (Fsp3) is 0.750. The van der Waals surface area contributed by atoms with E-state index in [9.17, 15) is 14.4 Å². The molecule has 0 amide bonds. The summed E-state index contributed by atoms with van der Waals surface area (Å²) in [6.07, 6.45) is -2.56. The maximum atomic E-state index is 11.7. The number of rotatable bonds is 3. The van der Waals surface area contributed by atoms with Crippen LogP contribution in [0.25, 0.3) is 0 Å². The van der Waals surface area contributed by atoms with Crippen LogP contribution in [0.5, 0.6) is 0 Å². The number of esters is 3. The molecule has 1 aliphatic heterocycles. The van der Waals surface area contributed by atoms with Gasteiger partial charge in [0.1, 0.15) is 6.10 Å². The highest BCUT2D eigenvalue weighted by atomic mass is 79.9. The lowest BCUT2D eigenvalue weighted by Crippen LogP contribution is -2.56. The van der Waals surface area contributed by atoms with Crippen molar-refractivity contribution in [1.29, 1.82) is 0 Å². The molecular formula is C12H17BrO7. The number of carbonyl (C=O) groups excluding carboxylic acids is 3. The van der Waals surface area contributed by atoms with E-state index in [1.807, 2.05) is 0 Å². The molecule has 0 saturated carbocycles. The fourth-order valence-electron chi connectivity index (χ4n) is 2.03. The van der Waals surface area contributed by atoms with Crippen molar-refractivity contribution in [3.05, 3.63) is 0 Å². The van der Waals surface area contributed by atoms with E-state index in [2.05, 4.69) is 20.7 Å². The second kappa shape index (κ2) is 7.03. The van der Waals surface area contributed by atoms with Crippen molar-refractivity contribution in [2.24, 2.45) is 5.92 Å². The first kappa shape index (κ1) is 16.9. The number of halogens is 1. The number of carbonyl (C=O) groups is 3. The van der Waals surface area contributed by atoms with Crippen LogP contribution >= 0.6 is 15.9 Å². The number of alkyl halides is 1. The Morgan fingerprint density at radius 1 is 1.05 bits per heavy atom. The maximum absolute atomic E-state index is 11.7. The van der Waals surface area contributed by atoms with E-state index in [4.69, 9.17) is 14.2 Å². The van der Waals surface area contributed by atoms with Gasteiger partial charge in [0.2, 0.25) is 0 Å². The van der Waals surface area contributed by atoms with Gasteiger partial charge >= 0.3 is 17.9 Å². The van der Waals surface area contributed by atoms with Crippen molar-refractivity contribution in [1.82, 2.24) is 0 Å². The molecule has 0 aromatic carbocycles. The lowest BCUT2D eigenvalue weighted by Gasteiger charge is -2.41. The lowest BCUT2D eigenvalue weighted by atomic mass is 9.91. The third-order valence-electron chi connectivity index (χ3n) is 2.89. The molecule has 0 aromatic rings. The smallest absolute Gasteiger partial charge is 0.335 e. The number of methoxy groups -OCH3 is 1. The van der Waals surface area contributed by atoms with Crippen LogP contribution in [0.2, 0.25) is 0 Å². The van der Waals surface area contributed by atoms with Crippen molar-refractivity contribution in [2.75, 3.05) is 7.11 Å². The minimum atomic E-state index is -0.916. The highest BCUT2D eigenvalue weighted by Crippen LogP contribution is 2.33. The molecule has 0 aromatic heterocycles. The van der Waals surface area contributed by atoms with E-state index in [1.54, 1.807) is 6.92 Å². The molecule has 0 bridgehead atoms. The number of ether oxygens (including phenoxy) is 4. The van der Waals surface area contributed by atoms with Gasteiger partial charge in [0, 0.05) is 19.8 Å². The van der Waals surface area contributed by atoms with E-state index in [0.717, 1.165) is 0 Å². The Labute approximate surface area is 125 Å². The third kappa shape index (κ3) is 3.92. The summed E-state index contributed by atoms with van der Waals surface area (Å²) in [6, 6.07) is 0. The molecular weight excluding hydrogens is 336 g/mol. The van der Waals surface area contributed by atoms with Gasteiger partial charge in [0.05, 0.1) is 7.11 Å². The maximum Gasteiger partial charge on any atom is 0.335 e. The Morgan fingerprint density at radius 3 is 2.00 bits per heavy atom. The van der Waals surface area contributed by atoms with E-state index in [-0.39, 0.29) is 0 Å². The minimum absolute atomic E-state index is 0.524. The Hall–Kier alpha value is -1.15. The largest absolute Gasteiger partial charge is 0.467 e. The first-order valence-corrected chi connectivity index (χ1v) is 6.91. The Bertz CT molecular complexity index is 397. The molecule has 1 aliphatic rings. The highest BCUT2D eigenvalue weighted by molar-refractivity contribution is 9.09. The third-order valence-corrected chi connectivity index (χ3v) is 3.63. The summed E-state index contributed by atoms with van der Waals surface area (Å²) in [7, 11) is 1.24. The van der Waals surface area contributed by atoms with Crippen LogP contribution in [0, 0.1) is 5.92 Å². The van der Waals surface area contributed by atoms with E-state index >= 15 is 0 Å². The summed E-state index contributed by atoms with van der Waals surface area (Å²) < 4.78 is 20.4. The van der Waals surface area contributed by atoms with Gasteiger partial charge in [-0.1, -0.05) is 22.9 Å². The molecule has 0 N–H and O–H groups in total. The highest BCUT2D eigenvalue weighted by Gasteiger charge is 2.49. The second-order valence-electron chi connectivity index (χ2n) is 4.44. The molecule has 0 aliphatic carbocycles. The molecule has 5 atom stereocenters. The molecule has 7 nitrogen and oxygen atoms in total. The zero-order chi connectivity index (χ0) is 15.4. The van der Waals surface area contributed by atoms with E-state index in [1.165, 1.54) is 21.0 Å². The predicted octanol–water partition coefficient (Wildman–Crippen LogP) is 0.779. The van der Waals surface area contributed by atoms with Gasteiger partial charge in [-0.3, -0.25) is 9.59 Å². The van der Waals surface area contributed by atoms with Crippen molar-refractivity contribution >= 4 is 33.8 Å². The molecule has 1 rings (SSSR count). The molecule has 20 heavy (non-hydrogen) atoms. The van der Waals surface area contributed by atoms with Gasteiger partial charge in [-0.15, -0.1) is 0 Å². The van der Waals surface area contributed by atoms with Crippen molar-refractivity contribution in [3.63, 3.8) is 0 Å². The molecule has 1 fully saturated rings. The van der Waals surface area contributed by atoms with Crippen LogP contribution in [-0.4, -0.2) is 48.3 Å². The van der Waals surface area contributed by atoms with E-state index < -0.39 is 47.2 Å². The summed E-state index contributed by atoms with van der Waals surface area (Å²) in [6.45, 7) is 4.13. The normalized spacial score (nSPS) is 33.1. The zero-order valence-electron chi connectivity index (χ0n) is 11.6. The van der Waals surface area contributed by atoms with Gasteiger partial charge in [-0.25, -0.2) is 4.79 Å². The summed E-state index contributed by atoms with van der Waals surface area (Å²) >= 11 is 3.18. The minimum Gasteiger partial charge on any atom is -0.467 e. The SMILES string of the molecule is COC(=O)[C@H]1O[C@@H](Br)[C@H](OC(C)=O)C(OC(C)=O)[C@@H]1C. The summed E-state index contributed by atoms with van der Waals surface area (Å²) in [5.41, 5.74) is 0. The topological polar surface area (TPSA) is 88.1 Å². The summed E-state index contributed by atoms with van der Waals surface area (Å²) in [4.78, 5) is 34.0. The van der Waals surface area contributed by atoms with Crippen molar-refractivity contribution in [3.8, 4) is 0 Å². The van der Waals surface area contributed by atoms with Gasteiger partial charge in [-0.05, 0) is 0 Å². The van der Waals surface area contributed by atoms with Crippen LogP contribution in [0.1, 0.15) is 20.8 Å². The molecule has 0 radical (unpaired) electrons. The fourth-order valence-corrected chi connectivity index (χ4v) is 2.67. The predicted molar refractivity (Wildman–Crippen MR) is 69.9 cm³/mol. The zero-order valence-corrected chi connectivity index (χ0v) is 13.2. The molecule has 1 heterocycles. The quantitative estimate of drug-likeness (QED) is 0.421. The number of hydrogen-bond acceptors (Lipinski definition) is 7. The lowest BCUT2D eigenvalue weighted by molar-refractivity contribution is -0.212. The average Bonchev–Trinajstić information content (AvgIpc) is 2.36. The van der Waals surface area contributed by atoms with Crippen molar-refractivity contribution < 1.29 is 33.3 Å². The van der Waals surface area contributed by atoms with Gasteiger partial charge < -0.3 is 18.9 Å². The van der Waals surface area contributed by atoms with Crippen LogP contribution in [0.4, 0.5) is 0 Å². The van der Waals surface area contributed by atoms with Crippen LogP contribution in [-0.2, 0) is 33.3 Å². The Morgan fingerprint density at radius 2 is 1.55 bits per heavy atom. The van der Waals surface area contributed by atoms with Crippen LogP contribution < -0.4 is 0 Å². The molecule has 0 spiro atoms. The molecule has 1 saturated heterocycles. The van der Waals surface area contributed by atoms with E-state index in [0.29, 0.717) is 0 Å². The molecule has 8 heteroatoms. The molecule has 1 unspecified atom stereocenters. The van der Waals surface area contributed by atoms with Gasteiger partial charge in [0.15, 0.2) is 17.2 Å². The van der Waals surface area contributed by atoms with Crippen molar-refractivity contribution in [2.45, 2.75) is 44.1 Å². The van der Waals surface area contributed by atoms with Gasteiger partial charge in [0.25, 0.3) is 0 Å². The first-order chi connectivity index (χ1) is 9.27. The monoisotopic (exact) mass is 352 g/mol. The standard InChI is InChI=1S/C12H17BrO7/c1-5-8(18-6(2)14)10(19-7(3)15)11(13)20-9(5)12(16)17-4/h5,8-11H,1-4H3/t5-,8?,9-,10+,11+/m0/s1.